The molecular formula is C69H55BN2. The number of aryl methyl sites for hydroxylation is 4. The Bertz CT molecular complexity index is 4210. The number of aromatic nitrogens is 2. The second-order valence-electron chi connectivity index (χ2n) is 23.1. The summed E-state index contributed by atoms with van der Waals surface area (Å²) in [5, 5.41) is 6.95. The van der Waals surface area contributed by atoms with Crippen LogP contribution in [-0.2, 0) is 5.41 Å². The van der Waals surface area contributed by atoms with E-state index in [1.807, 2.05) is 0 Å². The topological polar surface area (TPSA) is 9.86 Å². The summed E-state index contributed by atoms with van der Waals surface area (Å²) in [6, 6.07) is 61.6. The van der Waals surface area contributed by atoms with Gasteiger partial charge in [-0.2, -0.15) is 0 Å². The zero-order valence-electron chi connectivity index (χ0n) is 41.7. The van der Waals surface area contributed by atoms with Crippen molar-refractivity contribution in [2.24, 2.45) is 0 Å². The molecule has 17 rings (SSSR count). The Morgan fingerprint density at radius 3 is 1.71 bits per heavy atom. The number of nitrogens with zero attached hydrogens (tertiary/aromatic N) is 2. The highest BCUT2D eigenvalue weighted by Crippen LogP contribution is 2.63. The Morgan fingerprint density at radius 2 is 1.04 bits per heavy atom. The van der Waals surface area contributed by atoms with Crippen molar-refractivity contribution >= 4 is 66.6 Å². The largest absolute Gasteiger partial charge is 0.310 e. The average Bonchev–Trinajstić information content (AvgIpc) is 4.27. The first kappa shape index (κ1) is 40.3. The second kappa shape index (κ2) is 14.0. The van der Waals surface area contributed by atoms with Gasteiger partial charge in [0.15, 0.2) is 0 Å². The van der Waals surface area contributed by atoms with Crippen molar-refractivity contribution in [2.45, 2.75) is 96.3 Å². The molecule has 6 aliphatic rings. The number of fused-ring (bicyclic) bond motifs is 13. The maximum absolute atomic E-state index is 2.86. The van der Waals surface area contributed by atoms with Gasteiger partial charge in [-0.3, -0.25) is 0 Å². The lowest BCUT2D eigenvalue weighted by Gasteiger charge is -2.44. The van der Waals surface area contributed by atoms with E-state index in [9.17, 15) is 0 Å². The molecule has 0 bridgehead atoms. The minimum Gasteiger partial charge on any atom is -0.310 e. The van der Waals surface area contributed by atoms with Crippen LogP contribution in [-0.4, -0.2) is 15.8 Å². The van der Waals surface area contributed by atoms with E-state index < -0.39 is 5.41 Å². The SMILES string of the molecule is Cc1ccc(-c2c(-c3ccc(C)cc3)n3c4c(c5ccccc5cc24)B2c4c-3ccc3c4-n4c5c2cc(C2CCCC2)cc5c2cc(C5CCCC5)cc(c24)C32c3cc(C)ccc3-c3ccc(C)cc32)cc1. The third-order valence-electron chi connectivity index (χ3n) is 19.2. The van der Waals surface area contributed by atoms with Crippen molar-refractivity contribution in [1.29, 1.82) is 0 Å². The maximum Gasteiger partial charge on any atom is 0.253 e. The van der Waals surface area contributed by atoms with Gasteiger partial charge in [0.05, 0.1) is 22.1 Å². The number of hydrogen-bond donors (Lipinski definition) is 0. The lowest BCUT2D eigenvalue weighted by molar-refractivity contribution is 0.709. The molecule has 1 spiro atoms. The van der Waals surface area contributed by atoms with Crippen molar-refractivity contribution < 1.29 is 0 Å². The average molecular weight is 923 g/mol. The van der Waals surface area contributed by atoms with Crippen LogP contribution in [0.1, 0.15) is 119 Å². The number of benzene rings is 9. The van der Waals surface area contributed by atoms with Gasteiger partial charge in [0.25, 0.3) is 6.71 Å². The van der Waals surface area contributed by atoms with Crippen LogP contribution in [0.3, 0.4) is 0 Å². The smallest absolute Gasteiger partial charge is 0.253 e. The molecule has 0 unspecified atom stereocenters. The van der Waals surface area contributed by atoms with Crippen LogP contribution in [0.5, 0.6) is 0 Å². The van der Waals surface area contributed by atoms with Gasteiger partial charge in [-0.1, -0.05) is 175 Å². The first-order valence-electron chi connectivity index (χ1n) is 27.2. The fourth-order valence-electron chi connectivity index (χ4n) is 16.1. The molecule has 72 heavy (non-hydrogen) atoms. The molecule has 9 aromatic carbocycles. The Balaban J connectivity index is 1.13. The van der Waals surface area contributed by atoms with Gasteiger partial charge < -0.3 is 9.13 Å². The Morgan fingerprint density at radius 1 is 0.444 bits per heavy atom. The zero-order valence-corrected chi connectivity index (χ0v) is 41.7. The molecule has 3 aliphatic carbocycles. The Labute approximate surface area is 422 Å². The van der Waals surface area contributed by atoms with E-state index in [1.54, 1.807) is 11.1 Å². The minimum absolute atomic E-state index is 0.0200. The quantitative estimate of drug-likeness (QED) is 0.156. The highest BCUT2D eigenvalue weighted by Gasteiger charge is 2.55. The van der Waals surface area contributed by atoms with Gasteiger partial charge in [-0.15, -0.1) is 0 Å². The maximum atomic E-state index is 2.86. The summed E-state index contributed by atoms with van der Waals surface area (Å²) in [6.07, 6.45) is 10.4. The van der Waals surface area contributed by atoms with Gasteiger partial charge >= 0.3 is 0 Å². The number of hydrogen-bond acceptors (Lipinski definition) is 0. The summed E-state index contributed by atoms with van der Waals surface area (Å²) >= 11 is 0. The van der Waals surface area contributed by atoms with Crippen molar-refractivity contribution in [2.75, 3.05) is 0 Å². The summed E-state index contributed by atoms with van der Waals surface area (Å²) < 4.78 is 5.61. The van der Waals surface area contributed by atoms with Crippen LogP contribution < -0.4 is 16.4 Å². The lowest BCUT2D eigenvalue weighted by atomic mass is 9.33. The van der Waals surface area contributed by atoms with Crippen LogP contribution in [0.2, 0.25) is 0 Å². The van der Waals surface area contributed by atoms with Crippen LogP contribution in [0, 0.1) is 27.7 Å². The first-order chi connectivity index (χ1) is 35.3. The highest BCUT2D eigenvalue weighted by molar-refractivity contribution is 7.01. The fraction of sp³-hybridized carbons (Fsp3) is 0.217. The molecular weight excluding hydrogens is 868 g/mol. The van der Waals surface area contributed by atoms with Gasteiger partial charge in [-0.25, -0.2) is 0 Å². The molecule has 2 saturated carbocycles. The molecule has 11 aromatic rings. The third kappa shape index (κ3) is 4.89. The summed E-state index contributed by atoms with van der Waals surface area (Å²) in [5.74, 6) is 1.15. The molecule has 344 valence electrons. The van der Waals surface area contributed by atoms with Gasteiger partial charge in [0.2, 0.25) is 0 Å². The molecule has 3 aliphatic heterocycles. The molecule has 3 heteroatoms. The monoisotopic (exact) mass is 922 g/mol. The second-order valence-corrected chi connectivity index (χ2v) is 23.1. The van der Waals surface area contributed by atoms with Gasteiger partial charge in [0.1, 0.15) is 0 Å². The molecule has 0 saturated heterocycles. The van der Waals surface area contributed by atoms with Crippen LogP contribution in [0.15, 0.2) is 152 Å². The van der Waals surface area contributed by atoms with E-state index in [0.29, 0.717) is 11.8 Å². The summed E-state index contributed by atoms with van der Waals surface area (Å²) in [7, 11) is 0. The molecule has 0 N–H and O–H groups in total. The molecule has 0 radical (unpaired) electrons. The molecule has 0 amide bonds. The Kier molecular flexibility index (Phi) is 7.82. The van der Waals surface area contributed by atoms with Crippen LogP contribution in [0.4, 0.5) is 0 Å². The van der Waals surface area contributed by atoms with Crippen molar-refractivity contribution in [3.05, 3.63) is 207 Å². The molecule has 2 nitrogen and oxygen atoms in total. The zero-order chi connectivity index (χ0) is 47.5. The summed E-state index contributed by atoms with van der Waals surface area (Å²) in [4.78, 5) is 0. The standard InChI is InChI=1S/C69H55BN2/c1-38-17-23-44(24-18-38)61-54-33-46-15-9-10-16-49(46)62-67(54)71(64(61)45-25-19-39(2)20-26-45)60-30-29-55-68-63(60)70(62)59-37-48(43-13-7-8-14-43)35-53-52-34-47(42-11-5-6-12-42)36-58(65(52)72(68)66(53)59)69(55)56-31-40(3)21-27-50(56)51-28-22-41(4)32-57(51)69/h9-10,15-37,42-43H,5-8,11-14H2,1-4H3. The van der Waals surface area contributed by atoms with E-state index in [2.05, 4.69) is 188 Å². The predicted octanol–water partition coefficient (Wildman–Crippen LogP) is 15.6. The van der Waals surface area contributed by atoms with E-state index in [0.717, 1.165) is 0 Å². The normalized spacial score (nSPS) is 16.7. The molecule has 0 atom stereocenters. The fourth-order valence-corrected chi connectivity index (χ4v) is 16.1. The predicted molar refractivity (Wildman–Crippen MR) is 303 cm³/mol. The first-order valence-corrected chi connectivity index (χ1v) is 27.2. The summed E-state index contributed by atoms with van der Waals surface area (Å²) in [5.41, 5.74) is 32.9. The molecule has 5 heterocycles. The Hall–Kier alpha value is -7.36. The van der Waals surface area contributed by atoms with Crippen LogP contribution in [0.25, 0.3) is 88.4 Å². The van der Waals surface area contributed by atoms with E-state index in [1.165, 1.54) is 201 Å². The number of rotatable bonds is 4. The van der Waals surface area contributed by atoms with E-state index >= 15 is 0 Å². The van der Waals surface area contributed by atoms with Crippen molar-refractivity contribution in [3.8, 4) is 44.9 Å². The van der Waals surface area contributed by atoms with Gasteiger partial charge in [-0.05, 0) is 172 Å². The molecule has 2 aromatic heterocycles. The van der Waals surface area contributed by atoms with E-state index in [-0.39, 0.29) is 6.71 Å². The minimum atomic E-state index is -0.515. The molecule has 2 fully saturated rings. The van der Waals surface area contributed by atoms with Crippen molar-refractivity contribution in [3.63, 3.8) is 0 Å². The third-order valence-corrected chi connectivity index (χ3v) is 19.2. The lowest BCUT2D eigenvalue weighted by Crippen LogP contribution is -2.60. The summed E-state index contributed by atoms with van der Waals surface area (Å²) in [6.45, 7) is 9.08. The van der Waals surface area contributed by atoms with Crippen molar-refractivity contribution in [1.82, 2.24) is 9.13 Å². The highest BCUT2D eigenvalue weighted by atomic mass is 15.1. The van der Waals surface area contributed by atoms with E-state index in [4.69, 9.17) is 0 Å². The van der Waals surface area contributed by atoms with Gasteiger partial charge in [0, 0.05) is 38.6 Å². The van der Waals surface area contributed by atoms with Crippen LogP contribution >= 0.6 is 0 Å².